The number of hydrogen-bond donors (Lipinski definition) is 1. The lowest BCUT2D eigenvalue weighted by Gasteiger charge is -2.38. The molecule has 1 aliphatic heterocycles. The van der Waals surface area contributed by atoms with E-state index in [-0.39, 0.29) is 25.0 Å². The smallest absolute Gasteiger partial charge is 0.252 e. The number of halogens is 1. The zero-order valence-electron chi connectivity index (χ0n) is 13.7. The Labute approximate surface area is 144 Å². The Morgan fingerprint density at radius 3 is 2.92 bits per heavy atom. The number of carbonyl (C=O) groups is 2. The van der Waals surface area contributed by atoms with E-state index in [0.717, 1.165) is 0 Å². The number of carbonyl (C=O) groups excluding carboxylic acids is 2. The van der Waals surface area contributed by atoms with Crippen LogP contribution in [0, 0.1) is 5.82 Å². The van der Waals surface area contributed by atoms with Crippen LogP contribution in [0.1, 0.15) is 17.3 Å². The molecule has 1 aliphatic rings. The van der Waals surface area contributed by atoms with Crippen LogP contribution >= 0.6 is 0 Å². The number of aromatic nitrogens is 1. The number of ether oxygens (including phenoxy) is 1. The van der Waals surface area contributed by atoms with Crippen LogP contribution in [0.25, 0.3) is 0 Å². The Bertz CT molecular complexity index is 769. The van der Waals surface area contributed by atoms with Crippen LogP contribution in [-0.4, -0.2) is 41.5 Å². The second-order valence-electron chi connectivity index (χ2n) is 5.77. The van der Waals surface area contributed by atoms with E-state index in [0.29, 0.717) is 11.3 Å². The van der Waals surface area contributed by atoms with Crippen molar-refractivity contribution >= 4 is 11.8 Å². The summed E-state index contributed by atoms with van der Waals surface area (Å²) >= 11 is 0. The van der Waals surface area contributed by atoms with E-state index >= 15 is 0 Å². The van der Waals surface area contributed by atoms with Gasteiger partial charge in [-0.3, -0.25) is 14.6 Å². The van der Waals surface area contributed by atoms with Crippen molar-refractivity contribution < 1.29 is 18.7 Å². The normalized spacial score (nSPS) is 20.4. The topological polar surface area (TPSA) is 71.5 Å². The van der Waals surface area contributed by atoms with E-state index in [1.54, 1.807) is 37.5 Å². The average Bonchev–Trinajstić information content (AvgIpc) is 2.62. The zero-order chi connectivity index (χ0) is 17.8. The lowest BCUT2D eigenvalue weighted by atomic mass is 9.97. The van der Waals surface area contributed by atoms with Crippen LogP contribution in [0.4, 0.5) is 4.39 Å². The Morgan fingerprint density at radius 1 is 1.36 bits per heavy atom. The van der Waals surface area contributed by atoms with Crippen LogP contribution in [0.5, 0.6) is 0 Å². The lowest BCUT2D eigenvalue weighted by molar-refractivity contribution is -0.162. The van der Waals surface area contributed by atoms with Gasteiger partial charge in [-0.05, 0) is 29.8 Å². The van der Waals surface area contributed by atoms with Crippen molar-refractivity contribution in [1.82, 2.24) is 15.2 Å². The monoisotopic (exact) mass is 343 g/mol. The van der Waals surface area contributed by atoms with Gasteiger partial charge in [0.2, 0.25) is 5.91 Å². The summed E-state index contributed by atoms with van der Waals surface area (Å²) in [5, 5.41) is 2.76. The van der Waals surface area contributed by atoms with Crippen molar-refractivity contribution in [2.75, 3.05) is 13.7 Å². The molecule has 1 aromatic carbocycles. The van der Waals surface area contributed by atoms with E-state index < -0.39 is 18.0 Å². The standard InChI is InChI=1S/C18H18FN3O3/c1-22-15(23)11-25-17(16(22)12-5-4-6-13(19)9-12)18(24)21-10-14-7-2-3-8-20-14/h2-9,16-17H,10-11H2,1H3,(H,21,24)/t16-,17+/m0/s1. The molecule has 2 heterocycles. The van der Waals surface area contributed by atoms with Crippen LogP contribution < -0.4 is 5.32 Å². The van der Waals surface area contributed by atoms with Crippen molar-refractivity contribution in [3.63, 3.8) is 0 Å². The summed E-state index contributed by atoms with van der Waals surface area (Å²) in [5.74, 6) is -1.07. The summed E-state index contributed by atoms with van der Waals surface area (Å²) in [7, 11) is 1.58. The van der Waals surface area contributed by atoms with Crippen LogP contribution in [-0.2, 0) is 20.9 Å². The summed E-state index contributed by atoms with van der Waals surface area (Å²) in [6.45, 7) is 0.0526. The van der Waals surface area contributed by atoms with Crippen molar-refractivity contribution in [3.05, 3.63) is 65.7 Å². The van der Waals surface area contributed by atoms with Gasteiger partial charge in [0.25, 0.3) is 5.91 Å². The first kappa shape index (κ1) is 17.0. The van der Waals surface area contributed by atoms with Gasteiger partial charge in [-0.1, -0.05) is 18.2 Å². The molecular weight excluding hydrogens is 325 g/mol. The maximum atomic E-state index is 13.6. The van der Waals surface area contributed by atoms with E-state index in [1.165, 1.54) is 17.0 Å². The Morgan fingerprint density at radius 2 is 2.20 bits per heavy atom. The van der Waals surface area contributed by atoms with E-state index in [9.17, 15) is 14.0 Å². The molecule has 1 fully saturated rings. The molecule has 25 heavy (non-hydrogen) atoms. The predicted octanol–water partition coefficient (Wildman–Crippen LogP) is 1.44. The molecule has 0 bridgehead atoms. The fourth-order valence-electron chi connectivity index (χ4n) is 2.80. The third-order valence-electron chi connectivity index (χ3n) is 4.10. The van der Waals surface area contributed by atoms with Gasteiger partial charge in [0.15, 0.2) is 6.10 Å². The number of amides is 2. The molecule has 0 saturated carbocycles. The molecule has 2 amide bonds. The number of hydrogen-bond acceptors (Lipinski definition) is 4. The zero-order valence-corrected chi connectivity index (χ0v) is 13.7. The highest BCUT2D eigenvalue weighted by atomic mass is 19.1. The third kappa shape index (κ3) is 3.83. The second-order valence-corrected chi connectivity index (χ2v) is 5.77. The highest BCUT2D eigenvalue weighted by Crippen LogP contribution is 2.29. The van der Waals surface area contributed by atoms with Gasteiger partial charge in [0.1, 0.15) is 12.4 Å². The summed E-state index contributed by atoms with van der Waals surface area (Å²) in [5.41, 5.74) is 1.21. The van der Waals surface area contributed by atoms with Crippen molar-refractivity contribution in [3.8, 4) is 0 Å². The van der Waals surface area contributed by atoms with E-state index in [2.05, 4.69) is 10.3 Å². The van der Waals surface area contributed by atoms with Crippen LogP contribution in [0.2, 0.25) is 0 Å². The van der Waals surface area contributed by atoms with Crippen LogP contribution in [0.15, 0.2) is 48.7 Å². The molecule has 2 aromatic rings. The Hall–Kier alpha value is -2.80. The molecule has 0 unspecified atom stereocenters. The van der Waals surface area contributed by atoms with Gasteiger partial charge in [-0.15, -0.1) is 0 Å². The van der Waals surface area contributed by atoms with Crippen molar-refractivity contribution in [1.29, 1.82) is 0 Å². The van der Waals surface area contributed by atoms with E-state index in [1.807, 2.05) is 6.07 Å². The number of benzene rings is 1. The molecule has 0 spiro atoms. The summed E-state index contributed by atoms with van der Waals surface area (Å²) in [6.07, 6.45) is 0.717. The highest BCUT2D eigenvalue weighted by molar-refractivity contribution is 5.86. The van der Waals surface area contributed by atoms with Gasteiger partial charge in [-0.2, -0.15) is 0 Å². The Kier molecular flexibility index (Phi) is 5.04. The van der Waals surface area contributed by atoms with Crippen molar-refractivity contribution in [2.45, 2.75) is 18.7 Å². The predicted molar refractivity (Wildman–Crippen MR) is 87.7 cm³/mol. The molecule has 7 heteroatoms. The molecule has 0 radical (unpaired) electrons. The fourth-order valence-corrected chi connectivity index (χ4v) is 2.80. The molecule has 0 aliphatic carbocycles. The molecule has 3 rings (SSSR count). The summed E-state index contributed by atoms with van der Waals surface area (Å²) in [4.78, 5) is 30.1. The van der Waals surface area contributed by atoms with Gasteiger partial charge >= 0.3 is 0 Å². The first-order chi connectivity index (χ1) is 12.1. The number of nitrogens with one attached hydrogen (secondary N) is 1. The van der Waals surface area contributed by atoms with Crippen molar-refractivity contribution in [2.24, 2.45) is 0 Å². The van der Waals surface area contributed by atoms with Crippen LogP contribution in [0.3, 0.4) is 0 Å². The minimum atomic E-state index is -0.923. The fraction of sp³-hybridized carbons (Fsp3) is 0.278. The second kappa shape index (κ2) is 7.40. The Balaban J connectivity index is 1.79. The number of nitrogens with zero attached hydrogens (tertiary/aromatic N) is 2. The quantitative estimate of drug-likeness (QED) is 0.912. The number of morpholine rings is 1. The van der Waals surface area contributed by atoms with Gasteiger partial charge < -0.3 is 15.0 Å². The largest absolute Gasteiger partial charge is 0.356 e. The summed E-state index contributed by atoms with van der Waals surface area (Å²) in [6, 6.07) is 10.5. The molecule has 1 saturated heterocycles. The lowest BCUT2D eigenvalue weighted by Crippen LogP contribution is -2.52. The number of likely N-dealkylation sites (N-methyl/N-ethyl adjacent to an activating group) is 1. The van der Waals surface area contributed by atoms with Gasteiger partial charge in [0, 0.05) is 13.2 Å². The van der Waals surface area contributed by atoms with E-state index in [4.69, 9.17) is 4.74 Å². The third-order valence-corrected chi connectivity index (χ3v) is 4.10. The molecular formula is C18H18FN3O3. The van der Waals surface area contributed by atoms with Gasteiger partial charge in [0.05, 0.1) is 18.3 Å². The SMILES string of the molecule is CN1C(=O)CO[C@@H](C(=O)NCc2ccccn2)[C@@H]1c1cccc(F)c1. The number of pyridine rings is 1. The molecule has 130 valence electrons. The first-order valence-corrected chi connectivity index (χ1v) is 7.86. The first-order valence-electron chi connectivity index (χ1n) is 7.86. The molecule has 1 N–H and O–H groups in total. The minimum Gasteiger partial charge on any atom is -0.356 e. The minimum absolute atomic E-state index is 0.190. The maximum absolute atomic E-state index is 13.6. The average molecular weight is 343 g/mol. The molecule has 6 nitrogen and oxygen atoms in total. The summed E-state index contributed by atoms with van der Waals surface area (Å²) < 4.78 is 19.1. The number of rotatable bonds is 4. The highest BCUT2D eigenvalue weighted by Gasteiger charge is 2.40. The van der Waals surface area contributed by atoms with Gasteiger partial charge in [-0.25, -0.2) is 4.39 Å². The molecule has 2 atom stereocenters. The molecule has 1 aromatic heterocycles. The maximum Gasteiger partial charge on any atom is 0.252 e.